The first kappa shape index (κ1) is 30.9. The molecule has 0 fully saturated rings. The first-order chi connectivity index (χ1) is 18.8. The fraction of sp³-hybridized carbons (Fsp3) is 0.533. The molecule has 7 nitrogen and oxygen atoms in total. The van der Waals surface area contributed by atoms with Gasteiger partial charge in [-0.2, -0.15) is 11.8 Å². The third-order valence-electron chi connectivity index (χ3n) is 7.13. The number of fused-ring (bicyclic) bond motifs is 13. The summed E-state index contributed by atoms with van der Waals surface area (Å²) in [6, 6.07) is 11.7. The molecule has 2 amide bonds. The molecule has 2 heterocycles. The van der Waals surface area contributed by atoms with Gasteiger partial charge in [0.1, 0.15) is 6.04 Å². The normalized spacial score (nSPS) is 20.0. The van der Waals surface area contributed by atoms with E-state index in [0.29, 0.717) is 43.7 Å². The summed E-state index contributed by atoms with van der Waals surface area (Å²) in [5.74, 6) is -0.0507. The molecule has 3 atom stereocenters. The number of hydrogen-bond donors (Lipinski definition) is 3. The molecule has 39 heavy (non-hydrogen) atoms. The van der Waals surface area contributed by atoms with Gasteiger partial charge in [-0.05, 0) is 72.9 Å². The van der Waals surface area contributed by atoms with Crippen molar-refractivity contribution < 1.29 is 23.8 Å². The van der Waals surface area contributed by atoms with E-state index in [2.05, 4.69) is 29.7 Å². The number of aliphatic hydroxyl groups excluding tert-OH is 1. The molecule has 0 saturated heterocycles. The highest BCUT2D eigenvalue weighted by Gasteiger charge is 2.30. The highest BCUT2D eigenvalue weighted by atomic mass is 32.2. The van der Waals surface area contributed by atoms with Gasteiger partial charge < -0.3 is 25.4 Å². The maximum Gasteiger partial charge on any atom is 0.243 e. The zero-order valence-electron chi connectivity index (χ0n) is 23.2. The molecular formula is C30H42FN3O4S. The number of nitrogens with one attached hydrogen (secondary N) is 2. The zero-order valence-corrected chi connectivity index (χ0v) is 24.1. The van der Waals surface area contributed by atoms with Crippen LogP contribution in [0.4, 0.5) is 4.39 Å². The third-order valence-corrected chi connectivity index (χ3v) is 7.77. The fourth-order valence-electron chi connectivity index (χ4n) is 4.71. The van der Waals surface area contributed by atoms with Gasteiger partial charge in [0.25, 0.3) is 0 Å². The SMILES string of the molecule is CCc1cccc(CNC[C@@H](O)[C@@H]2Cc3ccc(c(F)c3)OCCCCC(=O)N(C)[C@@H](CCSC)C(=O)N2)c1. The summed E-state index contributed by atoms with van der Waals surface area (Å²) in [4.78, 5) is 27.9. The van der Waals surface area contributed by atoms with Gasteiger partial charge in [-0.3, -0.25) is 9.59 Å². The number of nitrogens with zero attached hydrogens (tertiary/aromatic N) is 1. The van der Waals surface area contributed by atoms with E-state index in [0.717, 1.165) is 12.0 Å². The van der Waals surface area contributed by atoms with Crippen molar-refractivity contribution in [2.45, 2.75) is 70.2 Å². The number of aliphatic hydroxyl groups is 1. The molecular weight excluding hydrogens is 517 g/mol. The fourth-order valence-corrected chi connectivity index (χ4v) is 5.17. The Morgan fingerprint density at radius 3 is 2.74 bits per heavy atom. The summed E-state index contributed by atoms with van der Waals surface area (Å²) in [6.45, 7) is 3.21. The van der Waals surface area contributed by atoms with Crippen molar-refractivity contribution >= 4 is 23.6 Å². The van der Waals surface area contributed by atoms with E-state index in [-0.39, 0.29) is 37.0 Å². The van der Waals surface area contributed by atoms with Crippen LogP contribution in [0.3, 0.4) is 0 Å². The Morgan fingerprint density at radius 2 is 2.00 bits per heavy atom. The summed E-state index contributed by atoms with van der Waals surface area (Å²) in [5, 5.41) is 17.5. The quantitative estimate of drug-likeness (QED) is 0.434. The number of carbonyl (C=O) groups excluding carboxylic acids is 2. The van der Waals surface area contributed by atoms with E-state index < -0.39 is 24.0 Å². The Balaban J connectivity index is 1.80. The molecule has 9 heteroatoms. The molecule has 0 radical (unpaired) electrons. The van der Waals surface area contributed by atoms with Crippen molar-refractivity contribution in [3.63, 3.8) is 0 Å². The number of amides is 2. The molecule has 2 bridgehead atoms. The Hall–Kier alpha value is -2.62. The van der Waals surface area contributed by atoms with Crippen LogP contribution in [0.2, 0.25) is 0 Å². The molecule has 2 aliphatic rings. The van der Waals surface area contributed by atoms with Crippen molar-refractivity contribution in [3.05, 3.63) is 65.0 Å². The molecule has 0 spiro atoms. The van der Waals surface area contributed by atoms with Crippen molar-refractivity contribution in [3.8, 4) is 5.75 Å². The van der Waals surface area contributed by atoms with E-state index in [1.54, 1.807) is 30.9 Å². The second-order valence-corrected chi connectivity index (χ2v) is 11.0. The number of rotatable bonds is 9. The summed E-state index contributed by atoms with van der Waals surface area (Å²) < 4.78 is 20.4. The monoisotopic (exact) mass is 559 g/mol. The Kier molecular flexibility index (Phi) is 12.6. The zero-order chi connectivity index (χ0) is 28.2. The van der Waals surface area contributed by atoms with E-state index >= 15 is 0 Å². The van der Waals surface area contributed by atoms with Crippen LogP contribution >= 0.6 is 11.8 Å². The Morgan fingerprint density at radius 1 is 1.21 bits per heavy atom. The first-order valence-corrected chi connectivity index (χ1v) is 15.1. The molecule has 2 aromatic rings. The van der Waals surface area contributed by atoms with Crippen molar-refractivity contribution in [1.29, 1.82) is 0 Å². The number of thioether (sulfide) groups is 1. The number of hydrogen-bond acceptors (Lipinski definition) is 6. The highest BCUT2D eigenvalue weighted by molar-refractivity contribution is 7.98. The maximum atomic E-state index is 14.8. The molecule has 214 valence electrons. The lowest BCUT2D eigenvalue weighted by Gasteiger charge is -2.31. The standard InChI is InChI=1S/C30H42FN3O4S/c1-4-21-8-7-9-23(16-21)19-32-20-27(35)25-18-22-11-12-28(24(31)17-22)38-14-6-5-10-29(36)34(2)26(13-15-39-3)30(37)33-25/h7-9,11-12,16-17,25-27,32,35H,4-6,10,13-15,18-20H2,1-3H3,(H,33,37)/t25-,26-,27+/m0/s1. The van der Waals surface area contributed by atoms with E-state index in [4.69, 9.17) is 4.74 Å². The van der Waals surface area contributed by atoms with Gasteiger partial charge in [-0.25, -0.2) is 4.39 Å². The van der Waals surface area contributed by atoms with Crippen molar-refractivity contribution in [2.75, 3.05) is 32.2 Å². The molecule has 3 N–H and O–H groups in total. The van der Waals surface area contributed by atoms with Crippen molar-refractivity contribution in [1.82, 2.24) is 15.5 Å². The van der Waals surface area contributed by atoms with Gasteiger partial charge in [-0.15, -0.1) is 0 Å². The topological polar surface area (TPSA) is 90.9 Å². The third kappa shape index (κ3) is 9.51. The Labute approximate surface area is 235 Å². The Bertz CT molecular complexity index is 1090. The minimum absolute atomic E-state index is 0.119. The van der Waals surface area contributed by atoms with Crippen LogP contribution in [-0.2, 0) is 29.0 Å². The van der Waals surface area contributed by atoms with Crippen LogP contribution in [0, 0.1) is 5.82 Å². The van der Waals surface area contributed by atoms with Gasteiger partial charge >= 0.3 is 0 Å². The number of aryl methyl sites for hydroxylation is 1. The van der Waals surface area contributed by atoms with E-state index in [9.17, 15) is 19.1 Å². The predicted molar refractivity (Wildman–Crippen MR) is 154 cm³/mol. The smallest absolute Gasteiger partial charge is 0.243 e. The number of carbonyl (C=O) groups is 2. The molecule has 0 aliphatic carbocycles. The largest absolute Gasteiger partial charge is 0.491 e. The van der Waals surface area contributed by atoms with Gasteiger partial charge in [-0.1, -0.05) is 37.3 Å². The van der Waals surface area contributed by atoms with Crippen LogP contribution in [0.15, 0.2) is 42.5 Å². The summed E-state index contributed by atoms with van der Waals surface area (Å²) in [5.41, 5.74) is 2.99. The van der Waals surface area contributed by atoms with E-state index in [1.807, 2.05) is 18.4 Å². The molecule has 0 aromatic heterocycles. The lowest BCUT2D eigenvalue weighted by molar-refractivity contribution is -0.139. The average molecular weight is 560 g/mol. The second-order valence-electron chi connectivity index (χ2n) is 10.1. The highest BCUT2D eigenvalue weighted by Crippen LogP contribution is 2.21. The minimum atomic E-state index is -0.941. The second kappa shape index (κ2) is 15.8. The summed E-state index contributed by atoms with van der Waals surface area (Å²) >= 11 is 1.61. The average Bonchev–Trinajstić information content (AvgIpc) is 2.93. The number of benzene rings is 2. The van der Waals surface area contributed by atoms with Crippen LogP contribution in [0.1, 0.15) is 49.3 Å². The van der Waals surface area contributed by atoms with Gasteiger partial charge in [0.2, 0.25) is 11.8 Å². The van der Waals surface area contributed by atoms with Gasteiger partial charge in [0.05, 0.1) is 18.8 Å². The van der Waals surface area contributed by atoms with Gasteiger partial charge in [0.15, 0.2) is 11.6 Å². The number of ether oxygens (including phenoxy) is 1. The summed E-state index contributed by atoms with van der Waals surface area (Å²) in [7, 11) is 1.66. The van der Waals surface area contributed by atoms with Crippen LogP contribution in [0.25, 0.3) is 0 Å². The summed E-state index contributed by atoms with van der Waals surface area (Å²) in [6.07, 6.45) is 4.14. The predicted octanol–water partition coefficient (Wildman–Crippen LogP) is 3.71. The number of likely N-dealkylation sites (N-methyl/N-ethyl adjacent to an activating group) is 1. The lowest BCUT2D eigenvalue weighted by Crippen LogP contribution is -2.55. The molecule has 2 aromatic carbocycles. The molecule has 0 unspecified atom stereocenters. The molecule has 2 aliphatic heterocycles. The number of halogens is 1. The van der Waals surface area contributed by atoms with Crippen LogP contribution < -0.4 is 15.4 Å². The van der Waals surface area contributed by atoms with E-state index in [1.165, 1.54) is 16.5 Å². The minimum Gasteiger partial charge on any atom is -0.491 e. The molecule has 0 saturated carbocycles. The van der Waals surface area contributed by atoms with Crippen LogP contribution in [0.5, 0.6) is 5.75 Å². The first-order valence-electron chi connectivity index (χ1n) is 13.7. The van der Waals surface area contributed by atoms with Gasteiger partial charge in [0, 0.05) is 26.6 Å². The van der Waals surface area contributed by atoms with Crippen LogP contribution in [-0.4, -0.2) is 72.2 Å². The molecule has 4 rings (SSSR count). The maximum absolute atomic E-state index is 14.8. The lowest BCUT2D eigenvalue weighted by atomic mass is 9.99. The van der Waals surface area contributed by atoms with Crippen molar-refractivity contribution in [2.24, 2.45) is 0 Å².